The zero-order chi connectivity index (χ0) is 18.5. The average Bonchev–Trinajstić information content (AvgIpc) is 3.15. The quantitative estimate of drug-likeness (QED) is 0.843. The van der Waals surface area contributed by atoms with E-state index in [2.05, 4.69) is 10.2 Å². The van der Waals surface area contributed by atoms with Crippen molar-refractivity contribution in [3.05, 3.63) is 53.5 Å². The van der Waals surface area contributed by atoms with Crippen molar-refractivity contribution in [1.29, 1.82) is 0 Å². The highest BCUT2D eigenvalue weighted by Crippen LogP contribution is 2.22. The van der Waals surface area contributed by atoms with Crippen molar-refractivity contribution >= 4 is 17.5 Å². The summed E-state index contributed by atoms with van der Waals surface area (Å²) in [4.78, 5) is 28.0. The molecule has 0 saturated carbocycles. The molecule has 26 heavy (non-hydrogen) atoms. The second kappa shape index (κ2) is 8.05. The largest absolute Gasteiger partial charge is 0.467 e. The van der Waals surface area contributed by atoms with E-state index >= 15 is 0 Å². The van der Waals surface area contributed by atoms with E-state index in [-0.39, 0.29) is 18.4 Å². The number of para-hydroxylation sites is 1. The lowest BCUT2D eigenvalue weighted by Crippen LogP contribution is -2.48. The van der Waals surface area contributed by atoms with Crippen molar-refractivity contribution in [2.24, 2.45) is 5.73 Å². The smallest absolute Gasteiger partial charge is 0.255 e. The van der Waals surface area contributed by atoms with E-state index < -0.39 is 0 Å². The molecule has 3 rings (SSSR count). The Balaban J connectivity index is 1.66. The van der Waals surface area contributed by atoms with Crippen LogP contribution in [0.3, 0.4) is 0 Å². The molecule has 0 unspecified atom stereocenters. The number of amides is 2. The standard InChI is InChI=1S/C19H24N4O3/c1-14(24)22-7-9-23(10-8-22)17-5-3-2-4-15(17)13-21-19(25)16-6-11-26-18(16)12-20/h2-6,11H,7-10,12-13,20H2,1H3,(H,21,25). The van der Waals surface area contributed by atoms with E-state index in [4.69, 9.17) is 10.2 Å². The van der Waals surface area contributed by atoms with Crippen LogP contribution in [0.1, 0.15) is 28.6 Å². The van der Waals surface area contributed by atoms with Gasteiger partial charge in [0, 0.05) is 45.3 Å². The molecule has 1 fully saturated rings. The highest BCUT2D eigenvalue weighted by Gasteiger charge is 2.21. The minimum atomic E-state index is -0.199. The zero-order valence-electron chi connectivity index (χ0n) is 14.9. The summed E-state index contributed by atoms with van der Waals surface area (Å²) in [6, 6.07) is 9.63. The first-order valence-corrected chi connectivity index (χ1v) is 8.73. The second-order valence-electron chi connectivity index (χ2n) is 6.27. The molecule has 7 heteroatoms. The molecule has 0 aliphatic carbocycles. The number of anilines is 1. The SMILES string of the molecule is CC(=O)N1CCN(c2ccccc2CNC(=O)c2ccoc2CN)CC1. The molecule has 1 aliphatic heterocycles. The summed E-state index contributed by atoms with van der Waals surface area (Å²) in [5, 5.41) is 2.94. The zero-order valence-corrected chi connectivity index (χ0v) is 14.9. The lowest BCUT2D eigenvalue weighted by molar-refractivity contribution is -0.129. The fourth-order valence-corrected chi connectivity index (χ4v) is 3.20. The monoisotopic (exact) mass is 356 g/mol. The molecule has 1 aromatic carbocycles. The molecule has 0 spiro atoms. The average molecular weight is 356 g/mol. The maximum atomic E-state index is 12.4. The molecule has 2 amide bonds. The molecule has 0 bridgehead atoms. The Hall–Kier alpha value is -2.80. The number of rotatable bonds is 5. The summed E-state index contributed by atoms with van der Waals surface area (Å²) >= 11 is 0. The Kier molecular flexibility index (Phi) is 5.58. The van der Waals surface area contributed by atoms with Gasteiger partial charge in [0.25, 0.3) is 5.91 Å². The van der Waals surface area contributed by atoms with Gasteiger partial charge in [0.1, 0.15) is 5.76 Å². The number of nitrogens with one attached hydrogen (secondary N) is 1. The number of hydrogen-bond acceptors (Lipinski definition) is 5. The Morgan fingerprint density at radius 2 is 1.88 bits per heavy atom. The van der Waals surface area contributed by atoms with Gasteiger partial charge in [-0.3, -0.25) is 9.59 Å². The number of furan rings is 1. The predicted molar refractivity (Wildman–Crippen MR) is 98.7 cm³/mol. The van der Waals surface area contributed by atoms with Gasteiger partial charge in [-0.1, -0.05) is 18.2 Å². The molecule has 7 nitrogen and oxygen atoms in total. The third-order valence-corrected chi connectivity index (χ3v) is 4.67. The van der Waals surface area contributed by atoms with Gasteiger partial charge in [-0.2, -0.15) is 0 Å². The third kappa shape index (κ3) is 3.88. The van der Waals surface area contributed by atoms with Crippen LogP contribution in [0.4, 0.5) is 5.69 Å². The summed E-state index contributed by atoms with van der Waals surface area (Å²) in [5.41, 5.74) is 8.18. The summed E-state index contributed by atoms with van der Waals surface area (Å²) < 4.78 is 5.21. The Morgan fingerprint density at radius 3 is 2.58 bits per heavy atom. The predicted octanol–water partition coefficient (Wildman–Crippen LogP) is 1.34. The van der Waals surface area contributed by atoms with Gasteiger partial charge >= 0.3 is 0 Å². The van der Waals surface area contributed by atoms with Crippen molar-refractivity contribution in [2.45, 2.75) is 20.0 Å². The van der Waals surface area contributed by atoms with Crippen LogP contribution in [-0.4, -0.2) is 42.9 Å². The minimum Gasteiger partial charge on any atom is -0.467 e. The summed E-state index contributed by atoms with van der Waals surface area (Å²) in [7, 11) is 0. The molecule has 0 radical (unpaired) electrons. The van der Waals surface area contributed by atoms with E-state index in [1.54, 1.807) is 13.0 Å². The summed E-state index contributed by atoms with van der Waals surface area (Å²) in [6.45, 7) is 5.19. The van der Waals surface area contributed by atoms with Crippen LogP contribution in [0.5, 0.6) is 0 Å². The first kappa shape index (κ1) is 18.0. The topological polar surface area (TPSA) is 91.8 Å². The van der Waals surface area contributed by atoms with E-state index in [1.165, 1.54) is 6.26 Å². The molecule has 3 N–H and O–H groups in total. The Labute approximate surface area is 152 Å². The van der Waals surface area contributed by atoms with Crippen LogP contribution in [0.2, 0.25) is 0 Å². The van der Waals surface area contributed by atoms with Gasteiger partial charge < -0.3 is 25.3 Å². The van der Waals surface area contributed by atoms with Crippen LogP contribution < -0.4 is 16.0 Å². The van der Waals surface area contributed by atoms with Gasteiger partial charge in [0.15, 0.2) is 0 Å². The molecular weight excluding hydrogens is 332 g/mol. The van der Waals surface area contributed by atoms with Gasteiger partial charge in [-0.25, -0.2) is 0 Å². The first-order chi connectivity index (χ1) is 12.6. The van der Waals surface area contributed by atoms with Gasteiger partial charge in [0.05, 0.1) is 18.4 Å². The molecule has 2 aromatic rings. The number of nitrogens with zero attached hydrogens (tertiary/aromatic N) is 2. The second-order valence-corrected chi connectivity index (χ2v) is 6.27. The van der Waals surface area contributed by atoms with Crippen LogP contribution in [-0.2, 0) is 17.9 Å². The number of carbonyl (C=O) groups is 2. The lowest BCUT2D eigenvalue weighted by atomic mass is 10.1. The van der Waals surface area contributed by atoms with Crippen molar-refractivity contribution in [2.75, 3.05) is 31.1 Å². The van der Waals surface area contributed by atoms with E-state index in [9.17, 15) is 9.59 Å². The Morgan fingerprint density at radius 1 is 1.15 bits per heavy atom. The maximum absolute atomic E-state index is 12.4. The van der Waals surface area contributed by atoms with E-state index in [1.807, 2.05) is 29.2 Å². The van der Waals surface area contributed by atoms with E-state index in [0.29, 0.717) is 31.0 Å². The number of nitrogens with two attached hydrogens (primary N) is 1. The van der Waals surface area contributed by atoms with Crippen molar-refractivity contribution in [1.82, 2.24) is 10.2 Å². The normalized spacial score (nSPS) is 14.4. The van der Waals surface area contributed by atoms with Crippen LogP contribution >= 0.6 is 0 Å². The van der Waals surface area contributed by atoms with Gasteiger partial charge in [-0.15, -0.1) is 0 Å². The summed E-state index contributed by atoms with van der Waals surface area (Å²) in [5.74, 6) is 0.396. The number of carbonyl (C=O) groups excluding carboxylic acids is 2. The molecule has 1 saturated heterocycles. The molecule has 138 valence electrons. The number of piperazine rings is 1. The summed E-state index contributed by atoms with van der Waals surface area (Å²) in [6.07, 6.45) is 1.47. The minimum absolute atomic E-state index is 0.112. The molecule has 1 aliphatic rings. The van der Waals surface area contributed by atoms with Gasteiger partial charge in [0.2, 0.25) is 5.91 Å². The molecule has 2 heterocycles. The highest BCUT2D eigenvalue weighted by atomic mass is 16.3. The van der Waals surface area contributed by atoms with Crippen molar-refractivity contribution in [3.8, 4) is 0 Å². The lowest BCUT2D eigenvalue weighted by Gasteiger charge is -2.36. The Bertz CT molecular complexity index is 779. The number of hydrogen-bond donors (Lipinski definition) is 2. The van der Waals surface area contributed by atoms with Crippen LogP contribution in [0.25, 0.3) is 0 Å². The van der Waals surface area contributed by atoms with Crippen molar-refractivity contribution < 1.29 is 14.0 Å². The maximum Gasteiger partial charge on any atom is 0.255 e. The first-order valence-electron chi connectivity index (χ1n) is 8.73. The third-order valence-electron chi connectivity index (χ3n) is 4.67. The van der Waals surface area contributed by atoms with Crippen molar-refractivity contribution in [3.63, 3.8) is 0 Å². The van der Waals surface area contributed by atoms with Crippen LogP contribution in [0, 0.1) is 0 Å². The molecular formula is C19H24N4O3. The van der Waals surface area contributed by atoms with Gasteiger partial charge in [-0.05, 0) is 17.7 Å². The number of benzene rings is 1. The van der Waals surface area contributed by atoms with E-state index in [0.717, 1.165) is 24.3 Å². The molecule has 1 aromatic heterocycles. The molecule has 0 atom stereocenters. The fourth-order valence-electron chi connectivity index (χ4n) is 3.20. The highest BCUT2D eigenvalue weighted by molar-refractivity contribution is 5.95. The fraction of sp³-hybridized carbons (Fsp3) is 0.368. The van der Waals surface area contributed by atoms with Crippen LogP contribution in [0.15, 0.2) is 41.0 Å².